The number of carbonyl (C=O) groups is 1. The highest BCUT2D eigenvalue weighted by Gasteiger charge is 2.21. The standard InChI is InChI=1S/C25H26ClNO4/c1-3-10-30-23-9-8-17-6-4-5-7-21(17)22(23)14-27(2)24(28)13-18-11-20(26)12-19-15-29-16-31-25(18)19/h4-9,11-12H,3,10,13-16H2,1-2H3. The summed E-state index contributed by atoms with van der Waals surface area (Å²) in [6.07, 6.45) is 1.12. The van der Waals surface area contributed by atoms with Gasteiger partial charge in [0.2, 0.25) is 5.91 Å². The number of benzene rings is 3. The SMILES string of the molecule is CCCOc1ccc2ccccc2c1CN(C)C(=O)Cc1cc(Cl)cc2c1OCOC2. The molecule has 0 saturated heterocycles. The zero-order valence-electron chi connectivity index (χ0n) is 17.8. The van der Waals surface area contributed by atoms with Gasteiger partial charge in [-0.3, -0.25) is 4.79 Å². The monoisotopic (exact) mass is 439 g/mol. The summed E-state index contributed by atoms with van der Waals surface area (Å²) in [5.74, 6) is 1.50. The molecule has 3 aromatic rings. The first kappa shape index (κ1) is 21.5. The lowest BCUT2D eigenvalue weighted by Crippen LogP contribution is -2.28. The molecular formula is C25H26ClNO4. The second-order valence-electron chi connectivity index (χ2n) is 7.70. The van der Waals surface area contributed by atoms with E-state index >= 15 is 0 Å². The summed E-state index contributed by atoms with van der Waals surface area (Å²) in [4.78, 5) is 14.9. The number of halogens is 1. The maximum Gasteiger partial charge on any atom is 0.227 e. The van der Waals surface area contributed by atoms with Gasteiger partial charge in [0, 0.05) is 35.3 Å². The highest BCUT2D eigenvalue weighted by molar-refractivity contribution is 6.30. The molecule has 0 saturated carbocycles. The van der Waals surface area contributed by atoms with Crippen molar-refractivity contribution < 1.29 is 19.0 Å². The van der Waals surface area contributed by atoms with Crippen molar-refractivity contribution in [3.63, 3.8) is 0 Å². The lowest BCUT2D eigenvalue weighted by molar-refractivity contribution is -0.129. The van der Waals surface area contributed by atoms with E-state index in [1.165, 1.54) is 0 Å². The predicted octanol–water partition coefficient (Wildman–Crippen LogP) is 5.35. The van der Waals surface area contributed by atoms with Gasteiger partial charge in [-0.15, -0.1) is 0 Å². The quantitative estimate of drug-likeness (QED) is 0.498. The normalized spacial score (nSPS) is 12.9. The van der Waals surface area contributed by atoms with Crippen molar-refractivity contribution in [2.75, 3.05) is 20.4 Å². The Labute approximate surface area is 187 Å². The number of hydrogen-bond acceptors (Lipinski definition) is 4. The zero-order valence-corrected chi connectivity index (χ0v) is 18.6. The van der Waals surface area contributed by atoms with Crippen LogP contribution in [0.5, 0.6) is 11.5 Å². The fraction of sp³-hybridized carbons (Fsp3) is 0.320. The fourth-order valence-electron chi connectivity index (χ4n) is 3.84. The molecule has 0 aliphatic carbocycles. The van der Waals surface area contributed by atoms with Gasteiger partial charge in [0.15, 0.2) is 6.79 Å². The Morgan fingerprint density at radius 2 is 2.03 bits per heavy atom. The number of hydrogen-bond donors (Lipinski definition) is 0. The number of nitrogens with zero attached hydrogens (tertiary/aromatic N) is 1. The van der Waals surface area contributed by atoms with Crippen molar-refractivity contribution in [1.29, 1.82) is 0 Å². The molecule has 0 aromatic heterocycles. The third kappa shape index (κ3) is 4.78. The maximum absolute atomic E-state index is 13.1. The van der Waals surface area contributed by atoms with E-state index in [0.29, 0.717) is 30.5 Å². The summed E-state index contributed by atoms with van der Waals surface area (Å²) in [5.41, 5.74) is 2.66. The molecule has 3 aromatic carbocycles. The second kappa shape index (κ2) is 9.58. The number of ether oxygens (including phenoxy) is 3. The Hall–Kier alpha value is -2.76. The van der Waals surface area contributed by atoms with Gasteiger partial charge >= 0.3 is 0 Å². The van der Waals surface area contributed by atoms with E-state index in [0.717, 1.165) is 39.6 Å². The molecule has 4 rings (SSSR count). The van der Waals surface area contributed by atoms with Crippen LogP contribution in [0.15, 0.2) is 48.5 Å². The third-order valence-electron chi connectivity index (χ3n) is 5.37. The van der Waals surface area contributed by atoms with Crippen LogP contribution in [0.25, 0.3) is 10.8 Å². The van der Waals surface area contributed by atoms with E-state index in [1.807, 2.05) is 31.3 Å². The minimum atomic E-state index is -0.0195. The molecule has 0 N–H and O–H groups in total. The number of amides is 1. The van der Waals surface area contributed by atoms with Crippen molar-refractivity contribution in [3.8, 4) is 11.5 Å². The lowest BCUT2D eigenvalue weighted by Gasteiger charge is -2.24. The molecule has 1 aliphatic rings. The number of rotatable bonds is 7. The summed E-state index contributed by atoms with van der Waals surface area (Å²) >= 11 is 6.26. The maximum atomic E-state index is 13.1. The molecule has 6 heteroatoms. The van der Waals surface area contributed by atoms with Gasteiger partial charge in [-0.25, -0.2) is 0 Å². The van der Waals surface area contributed by atoms with Crippen molar-refractivity contribution in [3.05, 3.63) is 70.2 Å². The molecule has 1 heterocycles. The average molecular weight is 440 g/mol. The fourth-order valence-corrected chi connectivity index (χ4v) is 4.10. The molecule has 0 bridgehead atoms. The van der Waals surface area contributed by atoms with E-state index in [-0.39, 0.29) is 19.1 Å². The second-order valence-corrected chi connectivity index (χ2v) is 8.14. The largest absolute Gasteiger partial charge is 0.493 e. The number of carbonyl (C=O) groups excluding carboxylic acids is 1. The minimum absolute atomic E-state index is 0.0195. The zero-order chi connectivity index (χ0) is 21.8. The highest BCUT2D eigenvalue weighted by atomic mass is 35.5. The summed E-state index contributed by atoms with van der Waals surface area (Å²) in [6, 6.07) is 15.8. The van der Waals surface area contributed by atoms with Gasteiger partial charge in [0.1, 0.15) is 11.5 Å². The Kier molecular flexibility index (Phi) is 6.64. The van der Waals surface area contributed by atoms with Crippen LogP contribution in [0.3, 0.4) is 0 Å². The average Bonchev–Trinajstić information content (AvgIpc) is 2.78. The molecule has 0 spiro atoms. The van der Waals surface area contributed by atoms with Gasteiger partial charge in [0.25, 0.3) is 0 Å². The summed E-state index contributed by atoms with van der Waals surface area (Å²) in [5, 5.41) is 2.79. The van der Waals surface area contributed by atoms with Gasteiger partial charge in [0.05, 0.1) is 19.6 Å². The molecule has 0 unspecified atom stereocenters. The van der Waals surface area contributed by atoms with E-state index in [2.05, 4.69) is 25.1 Å². The summed E-state index contributed by atoms with van der Waals surface area (Å²) in [6.45, 7) is 3.78. The van der Waals surface area contributed by atoms with Gasteiger partial charge in [-0.1, -0.05) is 48.9 Å². The first-order valence-corrected chi connectivity index (χ1v) is 10.8. The van der Waals surface area contributed by atoms with Crippen LogP contribution in [-0.2, 0) is 29.1 Å². The van der Waals surface area contributed by atoms with Crippen LogP contribution in [0.4, 0.5) is 0 Å². The van der Waals surface area contributed by atoms with E-state index in [4.69, 9.17) is 25.8 Å². The minimum Gasteiger partial charge on any atom is -0.493 e. The van der Waals surface area contributed by atoms with Crippen molar-refractivity contribution in [1.82, 2.24) is 4.90 Å². The van der Waals surface area contributed by atoms with E-state index in [9.17, 15) is 4.79 Å². The molecule has 0 radical (unpaired) electrons. The van der Waals surface area contributed by atoms with E-state index < -0.39 is 0 Å². The number of fused-ring (bicyclic) bond motifs is 2. The molecule has 162 valence electrons. The molecule has 5 nitrogen and oxygen atoms in total. The molecule has 0 fully saturated rings. The molecule has 1 aliphatic heterocycles. The summed E-state index contributed by atoms with van der Waals surface area (Å²) in [7, 11) is 1.81. The van der Waals surface area contributed by atoms with Gasteiger partial charge in [-0.05, 0) is 35.4 Å². The van der Waals surface area contributed by atoms with Crippen LogP contribution in [0, 0.1) is 0 Å². The Bertz CT molecular complexity index is 1100. The van der Waals surface area contributed by atoms with Gasteiger partial charge < -0.3 is 19.1 Å². The van der Waals surface area contributed by atoms with Crippen LogP contribution >= 0.6 is 11.6 Å². The number of likely N-dealkylation sites (N-methyl/N-ethyl adjacent to an activating group) is 1. The third-order valence-corrected chi connectivity index (χ3v) is 5.59. The Morgan fingerprint density at radius 1 is 1.19 bits per heavy atom. The molecule has 1 amide bonds. The topological polar surface area (TPSA) is 48.0 Å². The van der Waals surface area contributed by atoms with Crippen LogP contribution in [0.2, 0.25) is 5.02 Å². The smallest absolute Gasteiger partial charge is 0.227 e. The molecule has 31 heavy (non-hydrogen) atoms. The first-order valence-electron chi connectivity index (χ1n) is 10.5. The molecular weight excluding hydrogens is 414 g/mol. The summed E-state index contributed by atoms with van der Waals surface area (Å²) < 4.78 is 17.0. The van der Waals surface area contributed by atoms with Crippen LogP contribution in [0.1, 0.15) is 30.0 Å². The van der Waals surface area contributed by atoms with Crippen molar-refractivity contribution in [2.45, 2.75) is 32.9 Å². The van der Waals surface area contributed by atoms with Crippen molar-refractivity contribution >= 4 is 28.3 Å². The van der Waals surface area contributed by atoms with Crippen LogP contribution < -0.4 is 9.47 Å². The lowest BCUT2D eigenvalue weighted by atomic mass is 10.0. The Morgan fingerprint density at radius 3 is 2.87 bits per heavy atom. The molecule has 0 atom stereocenters. The van der Waals surface area contributed by atoms with Crippen LogP contribution in [-0.4, -0.2) is 31.3 Å². The highest BCUT2D eigenvalue weighted by Crippen LogP contribution is 2.33. The van der Waals surface area contributed by atoms with Crippen molar-refractivity contribution in [2.24, 2.45) is 0 Å². The van der Waals surface area contributed by atoms with E-state index in [1.54, 1.807) is 11.0 Å². The predicted molar refractivity (Wildman–Crippen MR) is 122 cm³/mol. The first-order chi connectivity index (χ1) is 15.1. The van der Waals surface area contributed by atoms with Gasteiger partial charge in [-0.2, -0.15) is 0 Å². The Balaban J connectivity index is 1.59.